The molecule has 1 amide bonds. The predicted molar refractivity (Wildman–Crippen MR) is 104 cm³/mol. The van der Waals surface area contributed by atoms with E-state index in [1.54, 1.807) is 0 Å². The van der Waals surface area contributed by atoms with Crippen LogP contribution in [0.2, 0.25) is 0 Å². The minimum Gasteiger partial charge on any atom is -0.369 e. The Kier molecular flexibility index (Phi) is 4.39. The maximum Gasteiger partial charge on any atom is 0.234 e. The topological polar surface area (TPSA) is 35.6 Å². The Morgan fingerprint density at radius 3 is 2.12 bits per heavy atom. The minimum atomic E-state index is 0.260. The average molecular weight is 354 g/mol. The largest absolute Gasteiger partial charge is 0.369 e. The molecule has 1 aromatic carbocycles. The molecular formula is C22H31N3O. The molecule has 4 heteroatoms. The van der Waals surface area contributed by atoms with E-state index in [9.17, 15) is 4.79 Å². The molecule has 1 heterocycles. The van der Waals surface area contributed by atoms with Gasteiger partial charge in [-0.25, -0.2) is 0 Å². The number of nitrogens with one attached hydrogen (secondary N) is 1. The summed E-state index contributed by atoms with van der Waals surface area (Å²) in [6.07, 6.45) is 6.95. The van der Waals surface area contributed by atoms with Gasteiger partial charge in [0.2, 0.25) is 5.91 Å². The number of rotatable bonds is 4. The van der Waals surface area contributed by atoms with Crippen LogP contribution in [0.3, 0.4) is 0 Å². The average Bonchev–Trinajstić information content (AvgIpc) is 2.65. The summed E-state index contributed by atoms with van der Waals surface area (Å²) in [5.41, 5.74) is 1.30. The third-order valence-electron chi connectivity index (χ3n) is 7.42. The highest BCUT2D eigenvalue weighted by molar-refractivity contribution is 5.78. The van der Waals surface area contributed by atoms with Gasteiger partial charge in [-0.1, -0.05) is 18.2 Å². The molecule has 4 aliphatic carbocycles. The van der Waals surface area contributed by atoms with E-state index in [2.05, 4.69) is 45.4 Å². The van der Waals surface area contributed by atoms with Crippen molar-refractivity contribution in [2.75, 3.05) is 37.6 Å². The summed E-state index contributed by atoms with van der Waals surface area (Å²) in [4.78, 5) is 17.4. The molecule has 26 heavy (non-hydrogen) atoms. The zero-order valence-corrected chi connectivity index (χ0v) is 15.6. The Balaban J connectivity index is 1.12. The van der Waals surface area contributed by atoms with Crippen LogP contribution in [0.15, 0.2) is 30.3 Å². The highest BCUT2D eigenvalue weighted by Crippen LogP contribution is 2.53. The fourth-order valence-corrected chi connectivity index (χ4v) is 6.40. The lowest BCUT2D eigenvalue weighted by molar-refractivity contribution is -0.126. The number of piperazine rings is 1. The predicted octanol–water partition coefficient (Wildman–Crippen LogP) is 2.75. The van der Waals surface area contributed by atoms with E-state index in [4.69, 9.17) is 0 Å². The highest BCUT2D eigenvalue weighted by atomic mass is 16.2. The van der Waals surface area contributed by atoms with Crippen molar-refractivity contribution >= 4 is 11.6 Å². The second-order valence-corrected chi connectivity index (χ2v) is 9.12. The van der Waals surface area contributed by atoms with Crippen LogP contribution in [0.4, 0.5) is 5.69 Å². The molecule has 6 rings (SSSR count). The third-order valence-corrected chi connectivity index (χ3v) is 7.42. The van der Waals surface area contributed by atoms with Crippen molar-refractivity contribution in [3.8, 4) is 0 Å². The monoisotopic (exact) mass is 353 g/mol. The highest BCUT2D eigenvalue weighted by Gasteiger charge is 2.48. The van der Waals surface area contributed by atoms with Gasteiger partial charge in [0.25, 0.3) is 0 Å². The molecule has 0 spiro atoms. The van der Waals surface area contributed by atoms with Crippen LogP contribution < -0.4 is 10.2 Å². The summed E-state index contributed by atoms with van der Waals surface area (Å²) < 4.78 is 0. The number of anilines is 1. The van der Waals surface area contributed by atoms with Crippen LogP contribution in [-0.4, -0.2) is 49.6 Å². The molecule has 0 radical (unpaired) electrons. The van der Waals surface area contributed by atoms with Crippen molar-refractivity contribution in [2.45, 2.75) is 38.1 Å². The van der Waals surface area contributed by atoms with Crippen LogP contribution in [-0.2, 0) is 4.79 Å². The smallest absolute Gasteiger partial charge is 0.234 e. The number of para-hydroxylation sites is 1. The number of nitrogens with zero attached hydrogens (tertiary/aromatic N) is 2. The Morgan fingerprint density at radius 1 is 0.885 bits per heavy atom. The van der Waals surface area contributed by atoms with Gasteiger partial charge in [-0.05, 0) is 67.9 Å². The van der Waals surface area contributed by atoms with E-state index < -0.39 is 0 Å². The molecule has 140 valence electrons. The van der Waals surface area contributed by atoms with E-state index in [-0.39, 0.29) is 5.91 Å². The van der Waals surface area contributed by atoms with Crippen LogP contribution in [0.1, 0.15) is 32.1 Å². The maximum atomic E-state index is 12.7. The summed E-state index contributed by atoms with van der Waals surface area (Å²) in [5, 5.41) is 3.46. The molecule has 4 saturated carbocycles. The number of benzene rings is 1. The fourth-order valence-electron chi connectivity index (χ4n) is 6.40. The molecule has 4 bridgehead atoms. The minimum absolute atomic E-state index is 0.260. The Labute approximate surface area is 156 Å². The third kappa shape index (κ3) is 3.24. The first-order valence-corrected chi connectivity index (χ1v) is 10.6. The SMILES string of the molecule is O=C(CN1CCN(c2ccccc2)CC1)NC1C2CC3CC(C2)CC1C3. The molecule has 1 N–H and O–H groups in total. The van der Waals surface area contributed by atoms with Gasteiger partial charge in [-0.2, -0.15) is 0 Å². The number of carbonyl (C=O) groups is 1. The second-order valence-electron chi connectivity index (χ2n) is 9.12. The zero-order valence-electron chi connectivity index (χ0n) is 15.6. The lowest BCUT2D eigenvalue weighted by Gasteiger charge is -2.54. The summed E-state index contributed by atoms with van der Waals surface area (Å²) in [7, 11) is 0. The van der Waals surface area contributed by atoms with Crippen molar-refractivity contribution in [1.82, 2.24) is 10.2 Å². The first-order valence-electron chi connectivity index (χ1n) is 10.6. The normalized spacial score (nSPS) is 36.3. The van der Waals surface area contributed by atoms with Crippen LogP contribution in [0.5, 0.6) is 0 Å². The molecule has 0 aromatic heterocycles. The van der Waals surface area contributed by atoms with Gasteiger partial charge in [0.1, 0.15) is 0 Å². The number of carbonyl (C=O) groups excluding carboxylic acids is 1. The van der Waals surface area contributed by atoms with Crippen molar-refractivity contribution in [3.05, 3.63) is 30.3 Å². The molecule has 1 aromatic rings. The summed E-state index contributed by atoms with van der Waals surface area (Å²) in [6.45, 7) is 4.55. The van der Waals surface area contributed by atoms with Crippen molar-refractivity contribution in [2.24, 2.45) is 23.7 Å². The maximum absolute atomic E-state index is 12.7. The van der Waals surface area contributed by atoms with E-state index in [0.29, 0.717) is 12.6 Å². The Hall–Kier alpha value is -1.55. The quantitative estimate of drug-likeness (QED) is 0.904. The molecule has 0 unspecified atom stereocenters. The Morgan fingerprint density at radius 2 is 1.50 bits per heavy atom. The Bertz CT molecular complexity index is 610. The second kappa shape index (κ2) is 6.88. The molecule has 0 atom stereocenters. The lowest BCUT2D eigenvalue weighted by atomic mass is 9.54. The van der Waals surface area contributed by atoms with E-state index >= 15 is 0 Å². The molecule has 4 nitrogen and oxygen atoms in total. The zero-order chi connectivity index (χ0) is 17.5. The molecule has 1 aliphatic heterocycles. The van der Waals surface area contributed by atoms with E-state index in [1.165, 1.54) is 37.8 Å². The number of hydrogen-bond donors (Lipinski definition) is 1. The summed E-state index contributed by atoms with van der Waals surface area (Å²) in [5.74, 6) is 3.74. The van der Waals surface area contributed by atoms with Crippen molar-refractivity contribution in [3.63, 3.8) is 0 Å². The van der Waals surface area contributed by atoms with E-state index in [1.807, 2.05) is 0 Å². The van der Waals surface area contributed by atoms with Crippen molar-refractivity contribution < 1.29 is 4.79 Å². The van der Waals surface area contributed by atoms with Gasteiger partial charge in [0.05, 0.1) is 6.54 Å². The van der Waals surface area contributed by atoms with Gasteiger partial charge in [-0.3, -0.25) is 9.69 Å². The molecular weight excluding hydrogens is 322 g/mol. The molecule has 5 aliphatic rings. The summed E-state index contributed by atoms with van der Waals surface area (Å²) >= 11 is 0. The number of hydrogen-bond acceptors (Lipinski definition) is 3. The number of amides is 1. The molecule has 5 fully saturated rings. The van der Waals surface area contributed by atoms with E-state index in [0.717, 1.165) is 49.9 Å². The summed E-state index contributed by atoms with van der Waals surface area (Å²) in [6, 6.07) is 11.1. The molecule has 1 saturated heterocycles. The van der Waals surface area contributed by atoms with Gasteiger partial charge in [0.15, 0.2) is 0 Å². The van der Waals surface area contributed by atoms with Gasteiger partial charge < -0.3 is 10.2 Å². The lowest BCUT2D eigenvalue weighted by Crippen LogP contribution is -2.57. The van der Waals surface area contributed by atoms with Crippen LogP contribution >= 0.6 is 0 Å². The van der Waals surface area contributed by atoms with Crippen LogP contribution in [0, 0.1) is 23.7 Å². The fraction of sp³-hybridized carbons (Fsp3) is 0.682. The standard InChI is InChI=1S/C22H31N3O/c26-21(23-22-18-11-16-10-17(13-18)14-19(22)12-16)15-24-6-8-25(9-7-24)20-4-2-1-3-5-20/h1-5,16-19,22H,6-15H2,(H,23,26). The van der Waals surface area contributed by atoms with Crippen molar-refractivity contribution in [1.29, 1.82) is 0 Å². The first kappa shape index (κ1) is 16.6. The van der Waals surface area contributed by atoms with Crippen LogP contribution in [0.25, 0.3) is 0 Å². The van der Waals surface area contributed by atoms with Gasteiger partial charge in [-0.15, -0.1) is 0 Å². The van der Waals surface area contributed by atoms with Gasteiger partial charge in [0, 0.05) is 37.9 Å². The van der Waals surface area contributed by atoms with Gasteiger partial charge >= 0.3 is 0 Å². The first-order chi connectivity index (χ1) is 12.7.